The summed E-state index contributed by atoms with van der Waals surface area (Å²) in [6, 6.07) is 8.27. The van der Waals surface area contributed by atoms with Crippen molar-refractivity contribution in [2.45, 2.75) is 25.7 Å². The summed E-state index contributed by atoms with van der Waals surface area (Å²) in [6.45, 7) is 2.11. The average Bonchev–Trinajstić information content (AvgIpc) is 2.97. The number of carbonyl (C=O) groups is 1. The molecule has 14 heavy (non-hydrogen) atoms. The van der Waals surface area contributed by atoms with Crippen molar-refractivity contribution in [3.05, 3.63) is 35.4 Å². The largest absolute Gasteiger partial charge is 0.481 e. The molecule has 2 nitrogen and oxygen atoms in total. The third-order valence-electron chi connectivity index (χ3n) is 2.90. The van der Waals surface area contributed by atoms with Gasteiger partial charge in [0.15, 0.2) is 0 Å². The van der Waals surface area contributed by atoms with Gasteiger partial charge in [-0.1, -0.05) is 31.2 Å². The monoisotopic (exact) mass is 190 g/mol. The molecule has 0 aromatic heterocycles. The molecule has 0 heterocycles. The quantitative estimate of drug-likeness (QED) is 0.794. The lowest BCUT2D eigenvalue weighted by Gasteiger charge is -2.01. The molecule has 1 aliphatic carbocycles. The Hall–Kier alpha value is -1.31. The average molecular weight is 190 g/mol. The summed E-state index contributed by atoms with van der Waals surface area (Å²) in [5.41, 5.74) is 2.48. The molecule has 0 radical (unpaired) electrons. The number of carboxylic acid groups (broad SMARTS) is 1. The van der Waals surface area contributed by atoms with Crippen LogP contribution in [-0.2, 0) is 11.2 Å². The highest BCUT2D eigenvalue weighted by Crippen LogP contribution is 2.47. The third kappa shape index (κ3) is 1.65. The maximum Gasteiger partial charge on any atom is 0.307 e. The molecule has 1 aliphatic rings. The molecule has 0 unspecified atom stereocenters. The van der Waals surface area contributed by atoms with Crippen LogP contribution in [0.2, 0.25) is 0 Å². The molecule has 74 valence electrons. The van der Waals surface area contributed by atoms with Gasteiger partial charge in [-0.05, 0) is 29.9 Å². The van der Waals surface area contributed by atoms with Gasteiger partial charge in [0.25, 0.3) is 0 Å². The fraction of sp³-hybridized carbons (Fsp3) is 0.417. The third-order valence-corrected chi connectivity index (χ3v) is 2.90. The summed E-state index contributed by atoms with van der Waals surface area (Å²) in [5, 5.41) is 8.81. The fourth-order valence-corrected chi connectivity index (χ4v) is 1.88. The van der Waals surface area contributed by atoms with Gasteiger partial charge in [0, 0.05) is 0 Å². The van der Waals surface area contributed by atoms with Crippen LogP contribution in [-0.4, -0.2) is 11.1 Å². The van der Waals surface area contributed by atoms with Crippen molar-refractivity contribution in [2.24, 2.45) is 5.92 Å². The Morgan fingerprint density at radius 3 is 2.93 bits per heavy atom. The molecule has 2 rings (SSSR count). The van der Waals surface area contributed by atoms with Crippen LogP contribution in [0.25, 0.3) is 0 Å². The van der Waals surface area contributed by atoms with E-state index in [1.54, 1.807) is 0 Å². The van der Waals surface area contributed by atoms with E-state index in [-0.39, 0.29) is 11.8 Å². The number of rotatable bonds is 3. The first-order valence-electron chi connectivity index (χ1n) is 5.04. The minimum absolute atomic E-state index is 0.137. The van der Waals surface area contributed by atoms with Crippen LogP contribution in [0.5, 0.6) is 0 Å². The Kier molecular flexibility index (Phi) is 2.28. The summed E-state index contributed by atoms with van der Waals surface area (Å²) in [6.07, 6.45) is 1.82. The van der Waals surface area contributed by atoms with E-state index in [9.17, 15) is 4.79 Å². The number of hydrogen-bond acceptors (Lipinski definition) is 1. The molecular formula is C12H14O2. The van der Waals surface area contributed by atoms with E-state index >= 15 is 0 Å². The number of hydrogen-bond donors (Lipinski definition) is 1. The van der Waals surface area contributed by atoms with E-state index in [1.165, 1.54) is 11.1 Å². The van der Waals surface area contributed by atoms with E-state index in [0.29, 0.717) is 0 Å². The second-order valence-corrected chi connectivity index (χ2v) is 3.89. The van der Waals surface area contributed by atoms with Crippen LogP contribution >= 0.6 is 0 Å². The fourth-order valence-electron chi connectivity index (χ4n) is 1.88. The van der Waals surface area contributed by atoms with Crippen LogP contribution in [0.15, 0.2) is 24.3 Å². The molecular weight excluding hydrogens is 176 g/mol. The second-order valence-electron chi connectivity index (χ2n) is 3.89. The highest BCUT2D eigenvalue weighted by molar-refractivity contribution is 5.75. The Labute approximate surface area is 83.6 Å². The lowest BCUT2D eigenvalue weighted by molar-refractivity contribution is -0.138. The van der Waals surface area contributed by atoms with Crippen LogP contribution in [0.4, 0.5) is 0 Å². The van der Waals surface area contributed by atoms with Gasteiger partial charge in [-0.3, -0.25) is 4.79 Å². The SMILES string of the molecule is CCc1cccc([C@@H]2C[C@H]2C(=O)O)c1. The van der Waals surface area contributed by atoms with Crippen LogP contribution in [0, 0.1) is 5.92 Å². The molecule has 1 N–H and O–H groups in total. The van der Waals surface area contributed by atoms with Gasteiger partial charge in [-0.15, -0.1) is 0 Å². The predicted molar refractivity (Wildman–Crippen MR) is 54.3 cm³/mol. The van der Waals surface area contributed by atoms with Crippen molar-refractivity contribution in [2.75, 3.05) is 0 Å². The smallest absolute Gasteiger partial charge is 0.307 e. The number of carboxylic acids is 1. The molecule has 0 bridgehead atoms. The highest BCUT2D eigenvalue weighted by Gasteiger charge is 2.44. The van der Waals surface area contributed by atoms with Crippen molar-refractivity contribution in [1.82, 2.24) is 0 Å². The highest BCUT2D eigenvalue weighted by atomic mass is 16.4. The second kappa shape index (κ2) is 3.45. The maximum atomic E-state index is 10.7. The van der Waals surface area contributed by atoms with Crippen molar-refractivity contribution in [1.29, 1.82) is 0 Å². The molecule has 1 fully saturated rings. The van der Waals surface area contributed by atoms with Gasteiger partial charge in [-0.25, -0.2) is 0 Å². The number of benzene rings is 1. The van der Waals surface area contributed by atoms with Gasteiger partial charge >= 0.3 is 5.97 Å². The van der Waals surface area contributed by atoms with Crippen LogP contribution in [0.3, 0.4) is 0 Å². The van der Waals surface area contributed by atoms with Gasteiger partial charge in [0.1, 0.15) is 0 Å². The normalized spacial score (nSPS) is 24.6. The topological polar surface area (TPSA) is 37.3 Å². The zero-order valence-corrected chi connectivity index (χ0v) is 8.23. The molecule has 0 aliphatic heterocycles. The van der Waals surface area contributed by atoms with E-state index in [4.69, 9.17) is 5.11 Å². The molecule has 1 aromatic rings. The molecule has 1 aromatic carbocycles. The van der Waals surface area contributed by atoms with Crippen molar-refractivity contribution < 1.29 is 9.90 Å². The van der Waals surface area contributed by atoms with Crippen LogP contribution in [0.1, 0.15) is 30.4 Å². The first kappa shape index (κ1) is 9.25. The van der Waals surface area contributed by atoms with Gasteiger partial charge in [-0.2, -0.15) is 0 Å². The van der Waals surface area contributed by atoms with E-state index < -0.39 is 5.97 Å². The summed E-state index contributed by atoms with van der Waals surface area (Å²) >= 11 is 0. The van der Waals surface area contributed by atoms with Gasteiger partial charge in [0.2, 0.25) is 0 Å². The lowest BCUT2D eigenvalue weighted by Crippen LogP contribution is -1.99. The zero-order valence-electron chi connectivity index (χ0n) is 8.23. The standard InChI is InChI=1S/C12H14O2/c1-2-8-4-3-5-9(6-8)10-7-11(10)12(13)14/h3-6,10-11H,2,7H2,1H3,(H,13,14)/t10-,11+/m0/s1. The summed E-state index contributed by atoms with van der Waals surface area (Å²) in [7, 11) is 0. The Balaban J connectivity index is 2.15. The number of aliphatic carboxylic acids is 1. The van der Waals surface area contributed by atoms with Crippen LogP contribution < -0.4 is 0 Å². The Bertz CT molecular complexity index is 357. The summed E-state index contributed by atoms with van der Waals surface area (Å²) in [4.78, 5) is 10.7. The maximum absolute atomic E-state index is 10.7. The minimum atomic E-state index is -0.656. The zero-order chi connectivity index (χ0) is 10.1. The van der Waals surface area contributed by atoms with Crippen molar-refractivity contribution in [3.8, 4) is 0 Å². The predicted octanol–water partition coefficient (Wildman–Crippen LogP) is 2.44. The van der Waals surface area contributed by atoms with E-state index in [1.807, 2.05) is 12.1 Å². The summed E-state index contributed by atoms with van der Waals surface area (Å²) in [5.74, 6) is -0.530. The minimum Gasteiger partial charge on any atom is -0.481 e. The Morgan fingerprint density at radius 2 is 2.36 bits per heavy atom. The van der Waals surface area contributed by atoms with E-state index in [0.717, 1.165) is 12.8 Å². The van der Waals surface area contributed by atoms with E-state index in [2.05, 4.69) is 19.1 Å². The lowest BCUT2D eigenvalue weighted by atomic mass is 10.0. The van der Waals surface area contributed by atoms with Crippen molar-refractivity contribution in [3.63, 3.8) is 0 Å². The van der Waals surface area contributed by atoms with Crippen molar-refractivity contribution >= 4 is 5.97 Å². The molecule has 1 saturated carbocycles. The number of aryl methyl sites for hydroxylation is 1. The first-order valence-corrected chi connectivity index (χ1v) is 5.04. The molecule has 2 heteroatoms. The van der Waals surface area contributed by atoms with Gasteiger partial charge < -0.3 is 5.11 Å². The Morgan fingerprint density at radius 1 is 1.57 bits per heavy atom. The molecule has 0 spiro atoms. The molecule has 0 saturated heterocycles. The summed E-state index contributed by atoms with van der Waals surface area (Å²) < 4.78 is 0. The van der Waals surface area contributed by atoms with Gasteiger partial charge in [0.05, 0.1) is 5.92 Å². The molecule has 0 amide bonds. The molecule has 2 atom stereocenters. The first-order chi connectivity index (χ1) is 6.72.